The van der Waals surface area contributed by atoms with E-state index in [9.17, 15) is 28.0 Å². The van der Waals surface area contributed by atoms with Crippen LogP contribution in [0.3, 0.4) is 0 Å². The number of nitrogens with zero attached hydrogens (tertiary/aromatic N) is 4. The number of benzene rings is 1. The summed E-state index contributed by atoms with van der Waals surface area (Å²) in [4.78, 5) is 26.9. The average molecular weight is 624 g/mol. The van der Waals surface area contributed by atoms with E-state index in [0.29, 0.717) is 6.42 Å². The first-order chi connectivity index (χ1) is 20.7. The van der Waals surface area contributed by atoms with Crippen LogP contribution in [0.25, 0.3) is 11.3 Å². The molecule has 1 aromatic carbocycles. The minimum absolute atomic E-state index is 0.0345. The normalized spacial score (nSPS) is 17.0. The van der Waals surface area contributed by atoms with Gasteiger partial charge in [-0.2, -0.15) is 18.4 Å². The molecule has 0 unspecified atom stereocenters. The predicted molar refractivity (Wildman–Crippen MR) is 150 cm³/mol. The second kappa shape index (κ2) is 14.5. The summed E-state index contributed by atoms with van der Waals surface area (Å²) in [5.74, 6) is -0.647. The smallest absolute Gasteiger partial charge is 0.416 e. The number of likely N-dealkylation sites (tertiary alicyclic amines) is 1. The lowest BCUT2D eigenvalue weighted by molar-refractivity contribution is -0.150. The quantitative estimate of drug-likeness (QED) is 0.285. The number of hydrogen-bond donors (Lipinski definition) is 1. The van der Waals surface area contributed by atoms with Gasteiger partial charge < -0.3 is 29.0 Å². The minimum atomic E-state index is -4.66. The summed E-state index contributed by atoms with van der Waals surface area (Å²) in [7, 11) is 2.65. The van der Waals surface area contributed by atoms with E-state index in [-0.39, 0.29) is 66.9 Å². The van der Waals surface area contributed by atoms with Crippen molar-refractivity contribution in [3.63, 3.8) is 0 Å². The number of amides is 1. The molecule has 2 heterocycles. The van der Waals surface area contributed by atoms with Gasteiger partial charge in [-0.05, 0) is 64.3 Å². The fraction of sp³-hybridized carbons (Fsp3) is 0.552. The zero-order valence-electron chi connectivity index (χ0n) is 25.4. The Labute approximate surface area is 253 Å². The fourth-order valence-electron chi connectivity index (χ4n) is 4.63. The lowest BCUT2D eigenvalue weighted by Crippen LogP contribution is -2.55. The molecule has 0 saturated carbocycles. The molecule has 15 heteroatoms. The number of esters is 1. The minimum Gasteiger partial charge on any atom is -0.467 e. The Hall–Kier alpha value is -4.16. The van der Waals surface area contributed by atoms with Crippen molar-refractivity contribution >= 4 is 17.9 Å². The maximum absolute atomic E-state index is 13.6. The number of aromatic nitrogens is 2. The summed E-state index contributed by atoms with van der Waals surface area (Å²) in [6.07, 6.45) is -4.68. The summed E-state index contributed by atoms with van der Waals surface area (Å²) < 4.78 is 67.1. The van der Waals surface area contributed by atoms with Crippen LogP contribution in [-0.4, -0.2) is 79.0 Å². The number of methoxy groups -OCH3 is 2. The lowest BCUT2D eigenvalue weighted by atomic mass is 9.97. The molecular formula is C29H36F3N5O7. The van der Waals surface area contributed by atoms with Gasteiger partial charge >= 0.3 is 18.2 Å². The molecule has 1 aromatic heterocycles. The van der Waals surface area contributed by atoms with Crippen molar-refractivity contribution < 1.29 is 46.4 Å². The van der Waals surface area contributed by atoms with Crippen LogP contribution in [0.4, 0.5) is 23.8 Å². The standard InChI is InChI=1S/C29H36F3N5O7/c1-7-42-26(38)22-9-8-20(14-37(22)27(39)44-28(2,3)4)34-25-17(13-33)11-21(35-36-25)24-18(15-40-5)10-19(29(30,31)32)12-23(24)43-16-41-6/h10-12,20,22H,7-9,14-16H2,1-6H3,(H,34,36)/t20-,22+/m1/s1. The van der Waals surface area contributed by atoms with Crippen molar-refractivity contribution in [1.82, 2.24) is 15.1 Å². The molecule has 1 N–H and O–H groups in total. The highest BCUT2D eigenvalue weighted by Gasteiger charge is 2.39. The molecule has 240 valence electrons. The number of hydrogen-bond acceptors (Lipinski definition) is 11. The Morgan fingerprint density at radius 3 is 2.43 bits per heavy atom. The van der Waals surface area contributed by atoms with Gasteiger partial charge in [0.05, 0.1) is 30.0 Å². The third-order valence-electron chi connectivity index (χ3n) is 6.42. The van der Waals surface area contributed by atoms with E-state index in [1.807, 2.05) is 6.07 Å². The Kier molecular flexibility index (Phi) is 11.3. The summed E-state index contributed by atoms with van der Waals surface area (Å²) >= 11 is 0. The van der Waals surface area contributed by atoms with Gasteiger partial charge in [0, 0.05) is 32.4 Å². The Balaban J connectivity index is 1.97. The first-order valence-electron chi connectivity index (χ1n) is 13.8. The van der Waals surface area contributed by atoms with Crippen LogP contribution in [0.2, 0.25) is 0 Å². The van der Waals surface area contributed by atoms with E-state index < -0.39 is 41.5 Å². The van der Waals surface area contributed by atoms with Crippen LogP contribution < -0.4 is 10.1 Å². The van der Waals surface area contributed by atoms with Crippen molar-refractivity contribution in [3.05, 3.63) is 34.9 Å². The van der Waals surface area contributed by atoms with E-state index in [1.165, 1.54) is 25.2 Å². The molecule has 0 spiro atoms. The van der Waals surface area contributed by atoms with Crippen LogP contribution in [0.5, 0.6) is 5.75 Å². The van der Waals surface area contributed by atoms with E-state index >= 15 is 0 Å². The number of halogens is 3. The maximum atomic E-state index is 13.6. The Morgan fingerprint density at radius 2 is 1.84 bits per heavy atom. The molecule has 0 radical (unpaired) electrons. The molecule has 44 heavy (non-hydrogen) atoms. The van der Waals surface area contributed by atoms with Gasteiger partial charge in [0.25, 0.3) is 0 Å². The van der Waals surface area contributed by atoms with Gasteiger partial charge in [-0.1, -0.05) is 0 Å². The zero-order valence-corrected chi connectivity index (χ0v) is 25.4. The lowest BCUT2D eigenvalue weighted by Gasteiger charge is -2.39. The van der Waals surface area contributed by atoms with Gasteiger partial charge in [0.1, 0.15) is 23.5 Å². The third kappa shape index (κ3) is 8.70. The highest BCUT2D eigenvalue weighted by Crippen LogP contribution is 2.40. The van der Waals surface area contributed by atoms with Crippen molar-refractivity contribution in [2.24, 2.45) is 0 Å². The van der Waals surface area contributed by atoms with Gasteiger partial charge in [-0.25, -0.2) is 9.59 Å². The Morgan fingerprint density at radius 1 is 1.11 bits per heavy atom. The number of alkyl halides is 3. The van der Waals surface area contributed by atoms with E-state index in [1.54, 1.807) is 27.7 Å². The monoisotopic (exact) mass is 623 g/mol. The van der Waals surface area contributed by atoms with Crippen molar-refractivity contribution in [1.29, 1.82) is 5.26 Å². The van der Waals surface area contributed by atoms with Gasteiger partial charge in [0.2, 0.25) is 0 Å². The molecule has 1 fully saturated rings. The number of carbonyl (C=O) groups excluding carboxylic acids is 2. The third-order valence-corrected chi connectivity index (χ3v) is 6.42. The van der Waals surface area contributed by atoms with E-state index in [2.05, 4.69) is 15.5 Å². The number of rotatable bonds is 10. The van der Waals surface area contributed by atoms with Crippen molar-refractivity contribution in [3.8, 4) is 23.1 Å². The summed E-state index contributed by atoms with van der Waals surface area (Å²) in [5, 5.41) is 21.4. The number of piperidine rings is 1. The zero-order chi connectivity index (χ0) is 32.7. The van der Waals surface area contributed by atoms with E-state index in [0.717, 1.165) is 12.1 Å². The largest absolute Gasteiger partial charge is 0.467 e. The molecular weight excluding hydrogens is 587 g/mol. The molecule has 2 aromatic rings. The van der Waals surface area contributed by atoms with Gasteiger partial charge in [-0.15, -0.1) is 10.2 Å². The molecule has 1 aliphatic heterocycles. The molecule has 12 nitrogen and oxygen atoms in total. The van der Waals surface area contributed by atoms with E-state index in [4.69, 9.17) is 23.7 Å². The van der Waals surface area contributed by atoms with Gasteiger partial charge in [0.15, 0.2) is 12.6 Å². The summed E-state index contributed by atoms with van der Waals surface area (Å²) in [6.45, 7) is 6.43. The van der Waals surface area contributed by atoms with Gasteiger partial charge in [-0.3, -0.25) is 4.90 Å². The molecule has 1 amide bonds. The first-order valence-corrected chi connectivity index (χ1v) is 13.8. The summed E-state index contributed by atoms with van der Waals surface area (Å²) in [5.41, 5.74) is -1.40. The maximum Gasteiger partial charge on any atom is 0.416 e. The average Bonchev–Trinajstić information content (AvgIpc) is 2.95. The number of ether oxygens (including phenoxy) is 5. The van der Waals surface area contributed by atoms with Crippen LogP contribution in [0, 0.1) is 11.3 Å². The summed E-state index contributed by atoms with van der Waals surface area (Å²) in [6, 6.07) is 3.84. The number of anilines is 1. The Bertz CT molecular complexity index is 1370. The van der Waals surface area contributed by atoms with Crippen molar-refractivity contribution in [2.75, 3.05) is 39.5 Å². The van der Waals surface area contributed by atoms with Crippen molar-refractivity contribution in [2.45, 2.75) is 71.0 Å². The fourth-order valence-corrected chi connectivity index (χ4v) is 4.63. The second-order valence-corrected chi connectivity index (χ2v) is 10.9. The number of nitriles is 1. The SMILES string of the molecule is CCOC(=O)[C@@H]1CC[C@@H](Nc2nnc(-c3c(COC)cc(C(F)(F)F)cc3OCOC)cc2C#N)CN1C(=O)OC(C)(C)C. The molecule has 0 bridgehead atoms. The predicted octanol–water partition coefficient (Wildman–Crippen LogP) is 4.91. The molecule has 3 rings (SSSR count). The number of carbonyl (C=O) groups is 2. The highest BCUT2D eigenvalue weighted by atomic mass is 19.4. The number of nitrogens with one attached hydrogen (secondary N) is 1. The molecule has 0 aliphatic carbocycles. The molecule has 1 aliphatic rings. The van der Waals surface area contributed by atoms with Crippen LogP contribution in [0.1, 0.15) is 57.2 Å². The first kappa shape index (κ1) is 34.3. The van der Waals surface area contributed by atoms with Crippen LogP contribution in [-0.2, 0) is 36.5 Å². The topological polar surface area (TPSA) is 145 Å². The second-order valence-electron chi connectivity index (χ2n) is 10.9. The van der Waals surface area contributed by atoms with Crippen LogP contribution >= 0.6 is 0 Å². The molecule has 2 atom stereocenters. The molecule has 1 saturated heterocycles. The highest BCUT2D eigenvalue weighted by molar-refractivity contribution is 5.82. The van der Waals surface area contributed by atoms with Crippen LogP contribution in [0.15, 0.2) is 18.2 Å².